The fourth-order valence-electron chi connectivity index (χ4n) is 3.39. The molecule has 1 unspecified atom stereocenters. The van der Waals surface area contributed by atoms with Crippen LogP contribution in [0.15, 0.2) is 78.9 Å². The lowest BCUT2D eigenvalue weighted by atomic mass is 10.0. The number of nitrogens with one attached hydrogen (secondary N) is 1. The van der Waals surface area contributed by atoms with Crippen molar-refractivity contribution in [1.82, 2.24) is 10.3 Å². The number of rotatable bonds is 6. The molecule has 0 aliphatic carbocycles. The van der Waals surface area contributed by atoms with Gasteiger partial charge in [-0.25, -0.2) is 9.37 Å². The zero-order valence-electron chi connectivity index (χ0n) is 16.9. The first-order chi connectivity index (χ1) is 15.0. The quantitative estimate of drug-likeness (QED) is 0.485. The van der Waals surface area contributed by atoms with Gasteiger partial charge in [0.2, 0.25) is 0 Å². The third-order valence-corrected chi connectivity index (χ3v) is 5.04. The number of hydrogen-bond acceptors (Lipinski definition) is 4. The molecule has 0 saturated heterocycles. The largest absolute Gasteiger partial charge is 0.497 e. The summed E-state index contributed by atoms with van der Waals surface area (Å²) in [6, 6.07) is 22.2. The predicted octanol–water partition coefficient (Wildman–Crippen LogP) is 4.51. The lowest BCUT2D eigenvalue weighted by Crippen LogP contribution is -2.28. The van der Waals surface area contributed by atoms with E-state index in [1.165, 1.54) is 18.2 Å². The molecule has 3 aromatic carbocycles. The molecule has 5 nitrogen and oxygen atoms in total. The van der Waals surface area contributed by atoms with Crippen LogP contribution in [0.3, 0.4) is 0 Å². The fraction of sp³-hybridized carbons (Fsp3) is 0.120. The second kappa shape index (κ2) is 8.93. The van der Waals surface area contributed by atoms with Crippen LogP contribution in [0.2, 0.25) is 0 Å². The maximum Gasteiger partial charge on any atom is 0.252 e. The summed E-state index contributed by atoms with van der Waals surface area (Å²) in [6.07, 6.45) is -1.02. The Balaban J connectivity index is 1.63. The number of carbonyl (C=O) groups is 1. The lowest BCUT2D eigenvalue weighted by molar-refractivity contribution is 0.0918. The van der Waals surface area contributed by atoms with E-state index in [0.717, 1.165) is 11.3 Å². The molecule has 0 aliphatic heterocycles. The van der Waals surface area contributed by atoms with E-state index in [9.17, 15) is 14.3 Å². The molecule has 0 fully saturated rings. The van der Waals surface area contributed by atoms with Crippen molar-refractivity contribution in [2.45, 2.75) is 6.10 Å². The highest BCUT2D eigenvalue weighted by molar-refractivity contribution is 6.07. The molecule has 156 valence electrons. The number of carbonyl (C=O) groups excluding carboxylic acids is 1. The summed E-state index contributed by atoms with van der Waals surface area (Å²) in [7, 11) is 1.60. The van der Waals surface area contributed by atoms with Gasteiger partial charge in [0.25, 0.3) is 5.91 Å². The Kier molecular flexibility index (Phi) is 5.91. The van der Waals surface area contributed by atoms with Crippen molar-refractivity contribution in [3.05, 3.63) is 95.8 Å². The van der Waals surface area contributed by atoms with Crippen molar-refractivity contribution in [1.29, 1.82) is 0 Å². The van der Waals surface area contributed by atoms with Gasteiger partial charge in [-0.2, -0.15) is 0 Å². The van der Waals surface area contributed by atoms with E-state index in [1.54, 1.807) is 19.2 Å². The van der Waals surface area contributed by atoms with Crippen molar-refractivity contribution >= 4 is 16.8 Å². The summed E-state index contributed by atoms with van der Waals surface area (Å²) in [5.41, 5.74) is 3.03. The van der Waals surface area contributed by atoms with Crippen LogP contribution < -0.4 is 10.1 Å². The Hall–Kier alpha value is -3.77. The number of hydrogen-bond donors (Lipinski definition) is 2. The van der Waals surface area contributed by atoms with Gasteiger partial charge in [0.1, 0.15) is 11.6 Å². The molecule has 0 bridgehead atoms. The minimum Gasteiger partial charge on any atom is -0.497 e. The molecule has 0 spiro atoms. The van der Waals surface area contributed by atoms with Gasteiger partial charge in [-0.15, -0.1) is 0 Å². The van der Waals surface area contributed by atoms with Crippen LogP contribution in [0.25, 0.3) is 22.2 Å². The summed E-state index contributed by atoms with van der Waals surface area (Å²) in [4.78, 5) is 17.7. The highest BCUT2D eigenvalue weighted by Gasteiger charge is 2.16. The number of methoxy groups -OCH3 is 1. The highest BCUT2D eigenvalue weighted by Crippen LogP contribution is 2.26. The number of benzene rings is 3. The number of fused-ring (bicyclic) bond motifs is 1. The molecule has 1 heterocycles. The maximum absolute atomic E-state index is 13.4. The highest BCUT2D eigenvalue weighted by atomic mass is 19.1. The van der Waals surface area contributed by atoms with Gasteiger partial charge >= 0.3 is 0 Å². The molecule has 2 N–H and O–H groups in total. The maximum atomic E-state index is 13.4. The summed E-state index contributed by atoms with van der Waals surface area (Å²) < 4.78 is 18.6. The summed E-state index contributed by atoms with van der Waals surface area (Å²) in [5.74, 6) is -0.0511. The minimum absolute atomic E-state index is 0.0448. The van der Waals surface area contributed by atoms with Crippen molar-refractivity contribution in [2.75, 3.05) is 13.7 Å². The molecule has 1 atom stereocenters. The van der Waals surface area contributed by atoms with Gasteiger partial charge in [0, 0.05) is 17.5 Å². The number of pyridine rings is 1. The van der Waals surface area contributed by atoms with Crippen LogP contribution in [0.4, 0.5) is 4.39 Å². The number of aliphatic hydroxyl groups excluding tert-OH is 1. The van der Waals surface area contributed by atoms with Crippen LogP contribution in [-0.4, -0.2) is 29.7 Å². The van der Waals surface area contributed by atoms with E-state index in [1.807, 2.05) is 48.5 Å². The Morgan fingerprint density at radius 3 is 2.58 bits per heavy atom. The van der Waals surface area contributed by atoms with Gasteiger partial charge in [-0.05, 0) is 54.1 Å². The first-order valence-corrected chi connectivity index (χ1v) is 9.81. The lowest BCUT2D eigenvalue weighted by Gasteiger charge is -2.14. The molecule has 4 rings (SSSR count). The topological polar surface area (TPSA) is 71.5 Å². The van der Waals surface area contributed by atoms with E-state index in [2.05, 4.69) is 10.3 Å². The van der Waals surface area contributed by atoms with Gasteiger partial charge in [-0.3, -0.25) is 4.79 Å². The van der Waals surface area contributed by atoms with Crippen molar-refractivity contribution in [2.24, 2.45) is 0 Å². The second-order valence-corrected chi connectivity index (χ2v) is 7.08. The van der Waals surface area contributed by atoms with Crippen LogP contribution in [0.1, 0.15) is 22.0 Å². The van der Waals surface area contributed by atoms with Crippen LogP contribution in [0.5, 0.6) is 5.75 Å². The molecule has 0 aliphatic rings. The van der Waals surface area contributed by atoms with Gasteiger partial charge in [0.15, 0.2) is 0 Å². The van der Waals surface area contributed by atoms with E-state index in [-0.39, 0.29) is 12.5 Å². The van der Waals surface area contributed by atoms with Crippen molar-refractivity contribution < 1.29 is 19.0 Å². The monoisotopic (exact) mass is 416 g/mol. The zero-order chi connectivity index (χ0) is 21.8. The molecular weight excluding hydrogens is 395 g/mol. The normalized spacial score (nSPS) is 11.8. The van der Waals surface area contributed by atoms with Gasteiger partial charge < -0.3 is 15.2 Å². The van der Waals surface area contributed by atoms with E-state index < -0.39 is 11.9 Å². The summed E-state index contributed by atoms with van der Waals surface area (Å²) in [5, 5.41) is 13.8. The number of ether oxygens (including phenoxy) is 1. The van der Waals surface area contributed by atoms with E-state index in [0.29, 0.717) is 27.7 Å². The zero-order valence-corrected chi connectivity index (χ0v) is 16.9. The first-order valence-electron chi connectivity index (χ1n) is 9.81. The minimum atomic E-state index is -1.02. The average molecular weight is 416 g/mol. The smallest absolute Gasteiger partial charge is 0.252 e. The molecule has 1 aromatic heterocycles. The number of para-hydroxylation sites is 1. The second-order valence-electron chi connectivity index (χ2n) is 7.08. The standard InChI is InChI=1S/C25H21FN2O3/c1-31-19-11-9-16(10-12-19)23-14-21(20-7-2-3-8-22(20)28-23)25(30)27-15-24(29)17-5-4-6-18(26)13-17/h2-14,24,29H,15H2,1H3,(H,27,30). The van der Waals surface area contributed by atoms with Gasteiger partial charge in [-0.1, -0.05) is 30.3 Å². The Morgan fingerprint density at radius 2 is 1.84 bits per heavy atom. The molecule has 6 heteroatoms. The number of nitrogens with zero attached hydrogens (tertiary/aromatic N) is 1. The van der Waals surface area contributed by atoms with Crippen LogP contribution in [0, 0.1) is 5.82 Å². The number of aliphatic hydroxyl groups is 1. The Bertz CT molecular complexity index is 1230. The first kappa shape index (κ1) is 20.5. The summed E-state index contributed by atoms with van der Waals surface area (Å²) in [6.45, 7) is -0.0448. The molecule has 4 aromatic rings. The predicted molar refractivity (Wildman–Crippen MR) is 117 cm³/mol. The van der Waals surface area contributed by atoms with Crippen molar-refractivity contribution in [3.63, 3.8) is 0 Å². The average Bonchev–Trinajstić information content (AvgIpc) is 2.81. The van der Waals surface area contributed by atoms with Crippen LogP contribution >= 0.6 is 0 Å². The third-order valence-electron chi connectivity index (χ3n) is 5.04. The number of halogens is 1. The van der Waals surface area contributed by atoms with E-state index >= 15 is 0 Å². The SMILES string of the molecule is COc1ccc(-c2cc(C(=O)NCC(O)c3cccc(F)c3)c3ccccc3n2)cc1. The number of amides is 1. The number of aromatic nitrogens is 1. The Morgan fingerprint density at radius 1 is 1.06 bits per heavy atom. The third kappa shape index (κ3) is 4.54. The fourth-order valence-corrected chi connectivity index (χ4v) is 3.39. The van der Waals surface area contributed by atoms with Gasteiger partial charge in [0.05, 0.1) is 30.0 Å². The van der Waals surface area contributed by atoms with E-state index in [4.69, 9.17) is 4.74 Å². The molecule has 31 heavy (non-hydrogen) atoms. The Labute approximate surface area is 179 Å². The van der Waals surface area contributed by atoms with Crippen molar-refractivity contribution in [3.8, 4) is 17.0 Å². The molecule has 1 amide bonds. The molecule has 0 radical (unpaired) electrons. The summed E-state index contributed by atoms with van der Waals surface area (Å²) >= 11 is 0. The molecular formula is C25H21FN2O3. The molecule has 0 saturated carbocycles. The van der Waals surface area contributed by atoms with Crippen LogP contribution in [-0.2, 0) is 0 Å².